The molecule has 1 saturated heterocycles. The second-order valence-corrected chi connectivity index (χ2v) is 10.6. The van der Waals surface area contributed by atoms with Crippen LogP contribution in [-0.4, -0.2) is 54.5 Å². The normalized spacial score (nSPS) is 35.6. The zero-order valence-corrected chi connectivity index (χ0v) is 18.0. The highest BCUT2D eigenvalue weighted by atomic mass is 16.2. The molecule has 1 aromatic rings. The molecule has 0 radical (unpaired) electrons. The summed E-state index contributed by atoms with van der Waals surface area (Å²) in [4.78, 5) is 17.7. The zero-order valence-electron chi connectivity index (χ0n) is 18.0. The van der Waals surface area contributed by atoms with Gasteiger partial charge in [0.15, 0.2) is 0 Å². The molecular weight excluding hydrogens is 358 g/mol. The number of hydrogen-bond acceptors (Lipinski definition) is 3. The number of nitrogens with zero attached hydrogens (tertiary/aromatic N) is 2. The van der Waals surface area contributed by atoms with Gasteiger partial charge in [-0.3, -0.25) is 14.6 Å². The van der Waals surface area contributed by atoms with Gasteiger partial charge in [-0.15, -0.1) is 0 Å². The second-order valence-electron chi connectivity index (χ2n) is 10.6. The summed E-state index contributed by atoms with van der Waals surface area (Å²) in [5, 5.41) is 3.44. The molecular formula is C25H37N3O. The number of rotatable bonds is 6. The van der Waals surface area contributed by atoms with Gasteiger partial charge in [-0.05, 0) is 74.2 Å². The lowest BCUT2D eigenvalue weighted by atomic mass is 9.48. The van der Waals surface area contributed by atoms with Gasteiger partial charge in [0.1, 0.15) is 0 Å². The van der Waals surface area contributed by atoms with Crippen LogP contribution < -0.4 is 5.32 Å². The van der Waals surface area contributed by atoms with Gasteiger partial charge in [0, 0.05) is 38.8 Å². The first kappa shape index (κ1) is 19.6. The van der Waals surface area contributed by atoms with Crippen LogP contribution in [0, 0.1) is 23.2 Å². The van der Waals surface area contributed by atoms with Crippen LogP contribution in [0.25, 0.3) is 0 Å². The predicted octanol–water partition coefficient (Wildman–Crippen LogP) is 3.53. The van der Waals surface area contributed by atoms with Crippen molar-refractivity contribution in [3.05, 3.63) is 35.9 Å². The van der Waals surface area contributed by atoms with Crippen molar-refractivity contribution >= 4 is 5.91 Å². The van der Waals surface area contributed by atoms with E-state index in [1.165, 1.54) is 44.1 Å². The number of nitrogens with one attached hydrogen (secondary N) is 1. The molecule has 0 aromatic heterocycles. The maximum Gasteiger partial charge on any atom is 0.234 e. The second kappa shape index (κ2) is 8.03. The molecule has 1 aromatic carbocycles. The molecule has 4 saturated carbocycles. The van der Waals surface area contributed by atoms with Gasteiger partial charge < -0.3 is 5.32 Å². The maximum atomic E-state index is 12.8. The van der Waals surface area contributed by atoms with E-state index in [9.17, 15) is 4.79 Å². The molecule has 1 atom stereocenters. The maximum absolute atomic E-state index is 12.8. The highest BCUT2D eigenvalue weighted by Crippen LogP contribution is 2.61. The van der Waals surface area contributed by atoms with E-state index in [4.69, 9.17) is 0 Å². The summed E-state index contributed by atoms with van der Waals surface area (Å²) in [6, 6.07) is 11.0. The quantitative estimate of drug-likeness (QED) is 0.800. The van der Waals surface area contributed by atoms with Crippen LogP contribution in [0.2, 0.25) is 0 Å². The number of piperazine rings is 1. The molecule has 4 bridgehead atoms. The molecule has 1 aliphatic heterocycles. The molecule has 5 fully saturated rings. The molecule has 4 nitrogen and oxygen atoms in total. The van der Waals surface area contributed by atoms with Gasteiger partial charge in [0.2, 0.25) is 5.91 Å². The Kier molecular flexibility index (Phi) is 5.42. The fraction of sp³-hybridized carbons (Fsp3) is 0.720. The third-order valence-electron chi connectivity index (χ3n) is 8.46. The molecule has 1 heterocycles. The van der Waals surface area contributed by atoms with Crippen LogP contribution in [0.1, 0.15) is 51.0 Å². The Bertz CT molecular complexity index is 675. The molecule has 6 rings (SSSR count). The molecule has 4 aliphatic carbocycles. The van der Waals surface area contributed by atoms with E-state index in [-0.39, 0.29) is 5.91 Å². The highest BCUT2D eigenvalue weighted by Gasteiger charge is 2.53. The average molecular weight is 396 g/mol. The van der Waals surface area contributed by atoms with Crippen molar-refractivity contribution in [2.45, 2.75) is 58.0 Å². The van der Waals surface area contributed by atoms with Crippen molar-refractivity contribution in [3.8, 4) is 0 Å². The van der Waals surface area contributed by atoms with E-state index in [2.05, 4.69) is 52.4 Å². The van der Waals surface area contributed by atoms with E-state index < -0.39 is 0 Å². The van der Waals surface area contributed by atoms with Crippen molar-refractivity contribution < 1.29 is 4.79 Å². The molecule has 158 valence electrons. The Balaban J connectivity index is 1.09. The third kappa shape index (κ3) is 4.25. The summed E-state index contributed by atoms with van der Waals surface area (Å²) < 4.78 is 0. The minimum Gasteiger partial charge on any atom is -0.352 e. The number of hydrogen-bond donors (Lipinski definition) is 1. The van der Waals surface area contributed by atoms with E-state index in [0.29, 0.717) is 18.0 Å². The topological polar surface area (TPSA) is 35.6 Å². The average Bonchev–Trinajstić information content (AvgIpc) is 2.69. The van der Waals surface area contributed by atoms with Crippen molar-refractivity contribution in [2.24, 2.45) is 23.2 Å². The van der Waals surface area contributed by atoms with Crippen LogP contribution in [-0.2, 0) is 11.3 Å². The van der Waals surface area contributed by atoms with Crippen LogP contribution in [0.3, 0.4) is 0 Å². The SMILES string of the molecule is C[C@@H](NC(=O)CN1CCN(Cc2ccccc2)CC1)C12CC3CC(CC(C3)C1)C2. The van der Waals surface area contributed by atoms with Crippen molar-refractivity contribution in [1.82, 2.24) is 15.1 Å². The molecule has 1 amide bonds. The summed E-state index contributed by atoms with van der Waals surface area (Å²) >= 11 is 0. The van der Waals surface area contributed by atoms with Crippen molar-refractivity contribution in [3.63, 3.8) is 0 Å². The number of carbonyl (C=O) groups excluding carboxylic acids is 1. The number of carbonyl (C=O) groups is 1. The lowest BCUT2D eigenvalue weighted by Crippen LogP contribution is -2.57. The monoisotopic (exact) mass is 395 g/mol. The van der Waals surface area contributed by atoms with Gasteiger partial charge in [0.05, 0.1) is 6.54 Å². The van der Waals surface area contributed by atoms with Gasteiger partial charge in [-0.1, -0.05) is 30.3 Å². The first-order chi connectivity index (χ1) is 14.1. The van der Waals surface area contributed by atoms with Gasteiger partial charge in [0.25, 0.3) is 0 Å². The van der Waals surface area contributed by atoms with Gasteiger partial charge >= 0.3 is 0 Å². The standard InChI is InChI=1S/C25H37N3O/c1-19(25-14-21-11-22(15-25)13-23(12-21)16-25)26-24(29)18-28-9-7-27(8-10-28)17-20-5-3-2-4-6-20/h2-6,19,21-23H,7-18H2,1H3,(H,26,29)/t19-,21?,22?,23?,25?/m1/s1. The van der Waals surface area contributed by atoms with Gasteiger partial charge in [-0.25, -0.2) is 0 Å². The first-order valence-electron chi connectivity index (χ1n) is 11.9. The number of benzene rings is 1. The Morgan fingerprint density at radius 2 is 1.52 bits per heavy atom. The van der Waals surface area contributed by atoms with E-state index in [0.717, 1.165) is 50.5 Å². The van der Waals surface area contributed by atoms with Crippen molar-refractivity contribution in [1.29, 1.82) is 0 Å². The largest absolute Gasteiger partial charge is 0.352 e. The van der Waals surface area contributed by atoms with E-state index >= 15 is 0 Å². The Hall–Kier alpha value is -1.39. The number of amides is 1. The smallest absolute Gasteiger partial charge is 0.234 e. The summed E-state index contributed by atoms with van der Waals surface area (Å²) in [6.07, 6.45) is 8.48. The lowest BCUT2D eigenvalue weighted by Gasteiger charge is -2.59. The molecule has 0 unspecified atom stereocenters. The van der Waals surface area contributed by atoms with Crippen LogP contribution in [0.5, 0.6) is 0 Å². The lowest BCUT2D eigenvalue weighted by molar-refractivity contribution is -0.127. The fourth-order valence-corrected chi connectivity index (χ4v) is 7.30. The first-order valence-corrected chi connectivity index (χ1v) is 11.9. The molecule has 0 spiro atoms. The predicted molar refractivity (Wildman–Crippen MR) is 116 cm³/mol. The Morgan fingerprint density at radius 1 is 0.966 bits per heavy atom. The minimum absolute atomic E-state index is 0.241. The summed E-state index contributed by atoms with van der Waals surface area (Å²) in [5.41, 5.74) is 1.78. The zero-order chi connectivity index (χ0) is 19.8. The highest BCUT2D eigenvalue weighted by molar-refractivity contribution is 5.78. The summed E-state index contributed by atoms with van der Waals surface area (Å²) in [5.74, 6) is 3.07. The Morgan fingerprint density at radius 3 is 2.10 bits per heavy atom. The molecule has 29 heavy (non-hydrogen) atoms. The van der Waals surface area contributed by atoms with Crippen LogP contribution >= 0.6 is 0 Å². The Labute approximate surface area is 176 Å². The summed E-state index contributed by atoms with van der Waals surface area (Å²) in [7, 11) is 0. The minimum atomic E-state index is 0.241. The van der Waals surface area contributed by atoms with Crippen LogP contribution in [0.4, 0.5) is 0 Å². The van der Waals surface area contributed by atoms with Gasteiger partial charge in [-0.2, -0.15) is 0 Å². The van der Waals surface area contributed by atoms with E-state index in [1.54, 1.807) is 0 Å². The van der Waals surface area contributed by atoms with Crippen molar-refractivity contribution in [2.75, 3.05) is 32.7 Å². The van der Waals surface area contributed by atoms with Crippen LogP contribution in [0.15, 0.2) is 30.3 Å². The fourth-order valence-electron chi connectivity index (χ4n) is 7.30. The molecule has 5 aliphatic rings. The third-order valence-corrected chi connectivity index (χ3v) is 8.46. The molecule has 4 heteroatoms. The summed E-state index contributed by atoms with van der Waals surface area (Å²) in [6.45, 7) is 7.96. The molecule has 1 N–H and O–H groups in total. The van der Waals surface area contributed by atoms with E-state index in [1.807, 2.05) is 0 Å².